The van der Waals surface area contributed by atoms with Gasteiger partial charge in [-0.1, -0.05) is 36.9 Å². The molecule has 0 saturated heterocycles. The van der Waals surface area contributed by atoms with Gasteiger partial charge in [-0.2, -0.15) is 0 Å². The molecule has 1 aliphatic heterocycles. The number of carbonyl (C=O) groups excluding carboxylic acids is 1. The summed E-state index contributed by atoms with van der Waals surface area (Å²) < 4.78 is 0. The lowest BCUT2D eigenvalue weighted by Gasteiger charge is -2.10. The molecule has 1 heterocycles. The van der Waals surface area contributed by atoms with Crippen molar-refractivity contribution in [3.05, 3.63) is 60.2 Å². The fourth-order valence-corrected chi connectivity index (χ4v) is 2.35. The third kappa shape index (κ3) is 1.78. The molecule has 3 rings (SSSR count). The average molecular weight is 265 g/mol. The molecule has 0 radical (unpaired) electrons. The molecule has 2 aromatic carbocycles. The summed E-state index contributed by atoms with van der Waals surface area (Å²) in [7, 11) is 0. The second-order valence-electron chi connectivity index (χ2n) is 4.55. The molecule has 0 aromatic heterocycles. The number of amides is 1. The van der Waals surface area contributed by atoms with Crippen molar-refractivity contribution in [3.8, 4) is 11.1 Å². The molecule has 1 amide bonds. The number of carboxylic acid groups (broad SMARTS) is 1. The number of carbonyl (C=O) groups is 2. The molecule has 98 valence electrons. The Labute approximate surface area is 115 Å². The minimum Gasteiger partial charge on any atom is -0.478 e. The molecule has 4 heteroatoms. The van der Waals surface area contributed by atoms with Gasteiger partial charge in [0.2, 0.25) is 0 Å². The number of hydrogen-bond donors (Lipinski definition) is 2. The fraction of sp³-hybridized carbons (Fsp3) is 0. The molecular weight excluding hydrogens is 254 g/mol. The molecule has 0 spiro atoms. The number of anilines is 1. The van der Waals surface area contributed by atoms with Gasteiger partial charge < -0.3 is 10.4 Å². The molecule has 1 aliphatic rings. The van der Waals surface area contributed by atoms with Crippen molar-refractivity contribution in [2.45, 2.75) is 0 Å². The van der Waals surface area contributed by atoms with Gasteiger partial charge in [0.05, 0.1) is 11.3 Å². The first-order valence-electron chi connectivity index (χ1n) is 6.05. The van der Waals surface area contributed by atoms with Crippen LogP contribution in [0.25, 0.3) is 16.7 Å². The zero-order valence-electron chi connectivity index (χ0n) is 10.5. The van der Waals surface area contributed by atoms with E-state index >= 15 is 0 Å². The predicted octanol–water partition coefficient (Wildman–Crippen LogP) is 3.02. The third-order valence-corrected chi connectivity index (χ3v) is 3.29. The minimum absolute atomic E-state index is 0.137. The van der Waals surface area contributed by atoms with Crippen LogP contribution in [0, 0.1) is 0 Å². The topological polar surface area (TPSA) is 66.4 Å². The molecular formula is C16H11NO3. The van der Waals surface area contributed by atoms with Gasteiger partial charge in [-0.3, -0.25) is 4.79 Å². The van der Waals surface area contributed by atoms with Gasteiger partial charge in [0, 0.05) is 11.1 Å². The van der Waals surface area contributed by atoms with E-state index in [1.165, 1.54) is 6.07 Å². The van der Waals surface area contributed by atoms with Crippen molar-refractivity contribution in [3.63, 3.8) is 0 Å². The van der Waals surface area contributed by atoms with E-state index in [9.17, 15) is 14.7 Å². The zero-order valence-corrected chi connectivity index (χ0v) is 10.5. The first-order chi connectivity index (χ1) is 9.58. The Morgan fingerprint density at radius 2 is 1.85 bits per heavy atom. The Morgan fingerprint density at radius 3 is 2.50 bits per heavy atom. The smallest absolute Gasteiger partial charge is 0.335 e. The lowest BCUT2D eigenvalue weighted by Crippen LogP contribution is -2.03. The van der Waals surface area contributed by atoms with Crippen molar-refractivity contribution in [2.75, 3.05) is 5.32 Å². The average Bonchev–Trinajstić information content (AvgIpc) is 2.74. The summed E-state index contributed by atoms with van der Waals surface area (Å²) in [6.45, 7) is 3.78. The lowest BCUT2D eigenvalue weighted by molar-refractivity contribution is -0.110. The van der Waals surface area contributed by atoms with Gasteiger partial charge in [0.15, 0.2) is 0 Å². The van der Waals surface area contributed by atoms with Crippen LogP contribution >= 0.6 is 0 Å². The molecule has 2 aromatic rings. The highest BCUT2D eigenvalue weighted by atomic mass is 16.4. The SMILES string of the molecule is C=C1C(=O)Nc2cc(C(=O)O)cc(-c3ccccc3)c21. The molecule has 4 nitrogen and oxygen atoms in total. The van der Waals surface area contributed by atoms with E-state index in [1.54, 1.807) is 6.07 Å². The number of nitrogens with one attached hydrogen (secondary N) is 1. The Bertz CT molecular complexity index is 748. The first kappa shape index (κ1) is 12.2. The maximum Gasteiger partial charge on any atom is 0.335 e. The second kappa shape index (κ2) is 4.35. The molecule has 0 atom stereocenters. The maximum atomic E-state index is 11.7. The predicted molar refractivity (Wildman–Crippen MR) is 76.5 cm³/mol. The molecule has 0 fully saturated rings. The van der Waals surface area contributed by atoms with E-state index in [0.717, 1.165) is 5.56 Å². The summed E-state index contributed by atoms with van der Waals surface area (Å²) in [6, 6.07) is 12.4. The lowest BCUT2D eigenvalue weighted by atomic mass is 9.93. The van der Waals surface area contributed by atoms with Crippen molar-refractivity contribution in [1.82, 2.24) is 0 Å². The number of hydrogen-bond acceptors (Lipinski definition) is 2. The van der Waals surface area contributed by atoms with Gasteiger partial charge in [-0.25, -0.2) is 4.79 Å². The zero-order chi connectivity index (χ0) is 14.3. The summed E-state index contributed by atoms with van der Waals surface area (Å²) in [5, 5.41) is 11.8. The van der Waals surface area contributed by atoms with Crippen molar-refractivity contribution >= 4 is 23.1 Å². The number of carboxylic acids is 1. The van der Waals surface area contributed by atoms with E-state index in [-0.39, 0.29) is 11.5 Å². The van der Waals surface area contributed by atoms with Gasteiger partial charge >= 0.3 is 5.97 Å². The molecule has 0 bridgehead atoms. The normalized spacial score (nSPS) is 13.0. The van der Waals surface area contributed by atoms with Gasteiger partial charge in [-0.05, 0) is 23.3 Å². The van der Waals surface area contributed by atoms with Gasteiger partial charge in [0.1, 0.15) is 0 Å². The number of benzene rings is 2. The summed E-state index contributed by atoms with van der Waals surface area (Å²) in [4.78, 5) is 22.9. The Morgan fingerprint density at radius 1 is 1.15 bits per heavy atom. The van der Waals surface area contributed by atoms with Crippen LogP contribution in [0.1, 0.15) is 15.9 Å². The van der Waals surface area contributed by atoms with Crippen LogP contribution < -0.4 is 5.32 Å². The van der Waals surface area contributed by atoms with Crippen LogP contribution in [0.15, 0.2) is 49.0 Å². The highest BCUT2D eigenvalue weighted by molar-refractivity contribution is 6.32. The van der Waals surface area contributed by atoms with Crippen LogP contribution in [0.2, 0.25) is 0 Å². The summed E-state index contributed by atoms with van der Waals surface area (Å²) in [5.41, 5.74) is 3.21. The largest absolute Gasteiger partial charge is 0.478 e. The maximum absolute atomic E-state index is 11.7. The molecule has 0 aliphatic carbocycles. The van der Waals surface area contributed by atoms with Crippen molar-refractivity contribution in [2.24, 2.45) is 0 Å². The van der Waals surface area contributed by atoms with E-state index in [1.807, 2.05) is 30.3 Å². The fourth-order valence-electron chi connectivity index (χ4n) is 2.35. The minimum atomic E-state index is -1.03. The second-order valence-corrected chi connectivity index (χ2v) is 4.55. The van der Waals surface area contributed by atoms with E-state index < -0.39 is 5.97 Å². The molecule has 20 heavy (non-hydrogen) atoms. The highest BCUT2D eigenvalue weighted by Gasteiger charge is 2.27. The van der Waals surface area contributed by atoms with Crippen LogP contribution in [0.4, 0.5) is 5.69 Å². The van der Waals surface area contributed by atoms with E-state index in [0.29, 0.717) is 22.4 Å². The van der Waals surface area contributed by atoms with Crippen LogP contribution in [-0.2, 0) is 4.79 Å². The number of fused-ring (bicyclic) bond motifs is 1. The van der Waals surface area contributed by atoms with Crippen LogP contribution in [-0.4, -0.2) is 17.0 Å². The molecule has 0 saturated carbocycles. The standard InChI is InChI=1S/C16H11NO3/c1-9-14-12(10-5-3-2-4-6-10)7-11(16(19)20)8-13(14)17-15(9)18/h2-8H,1H2,(H,17,18)(H,19,20). The highest BCUT2D eigenvalue weighted by Crippen LogP contribution is 2.39. The summed E-state index contributed by atoms with van der Waals surface area (Å²) in [5.74, 6) is -1.32. The van der Waals surface area contributed by atoms with Crippen molar-refractivity contribution < 1.29 is 14.7 Å². The van der Waals surface area contributed by atoms with E-state index in [2.05, 4.69) is 11.9 Å². The Balaban J connectivity index is 2.31. The number of rotatable bonds is 2. The van der Waals surface area contributed by atoms with Crippen LogP contribution in [0.5, 0.6) is 0 Å². The summed E-state index contributed by atoms with van der Waals surface area (Å²) in [6.07, 6.45) is 0. The summed E-state index contributed by atoms with van der Waals surface area (Å²) >= 11 is 0. The third-order valence-electron chi connectivity index (χ3n) is 3.29. The molecule has 2 N–H and O–H groups in total. The Hall–Kier alpha value is -2.88. The Kier molecular flexibility index (Phi) is 2.64. The quantitative estimate of drug-likeness (QED) is 0.820. The van der Waals surface area contributed by atoms with Crippen molar-refractivity contribution in [1.29, 1.82) is 0 Å². The van der Waals surface area contributed by atoms with Gasteiger partial charge in [-0.15, -0.1) is 0 Å². The monoisotopic (exact) mass is 265 g/mol. The van der Waals surface area contributed by atoms with Crippen LogP contribution in [0.3, 0.4) is 0 Å². The first-order valence-corrected chi connectivity index (χ1v) is 6.05. The van der Waals surface area contributed by atoms with Gasteiger partial charge in [0.25, 0.3) is 5.91 Å². The molecule has 0 unspecified atom stereocenters. The number of aromatic carboxylic acids is 1. The van der Waals surface area contributed by atoms with E-state index in [4.69, 9.17) is 0 Å².